The first kappa shape index (κ1) is 9.66. The summed E-state index contributed by atoms with van der Waals surface area (Å²) in [5.41, 5.74) is 1.13. The summed E-state index contributed by atoms with van der Waals surface area (Å²) in [7, 11) is 0. The molecule has 0 amide bonds. The average molecular weight is 208 g/mol. The third kappa shape index (κ3) is 1.55. The fourth-order valence-electron chi connectivity index (χ4n) is 1.68. The largest absolute Gasteiger partial charge is 0.207 e. The van der Waals surface area contributed by atoms with Crippen molar-refractivity contribution in [3.63, 3.8) is 0 Å². The third-order valence-corrected chi connectivity index (χ3v) is 3.81. The highest BCUT2D eigenvalue weighted by Gasteiger charge is 2.06. The minimum atomic E-state index is -0.116. The number of fused-ring (bicyclic) bond motifs is 1. The Kier molecular flexibility index (Phi) is 2.55. The molecule has 74 valence electrons. The number of halogens is 1. The van der Waals surface area contributed by atoms with Gasteiger partial charge in [-0.2, -0.15) is 0 Å². The first-order valence-corrected chi connectivity index (χ1v) is 5.77. The molecule has 0 radical (unpaired) electrons. The van der Waals surface area contributed by atoms with Crippen molar-refractivity contribution in [2.45, 2.75) is 26.7 Å². The van der Waals surface area contributed by atoms with Crippen LogP contribution < -0.4 is 0 Å². The van der Waals surface area contributed by atoms with Gasteiger partial charge in [-0.25, -0.2) is 4.39 Å². The summed E-state index contributed by atoms with van der Waals surface area (Å²) in [6.07, 6.45) is 1.93. The van der Waals surface area contributed by atoms with Gasteiger partial charge in [0.05, 0.1) is 0 Å². The highest BCUT2D eigenvalue weighted by atomic mass is 32.1. The molecule has 1 heterocycles. The monoisotopic (exact) mass is 208 g/mol. The van der Waals surface area contributed by atoms with Gasteiger partial charge in [-0.3, -0.25) is 0 Å². The van der Waals surface area contributed by atoms with Crippen molar-refractivity contribution in [3.05, 3.63) is 34.5 Å². The Labute approximate surface area is 87.4 Å². The lowest BCUT2D eigenvalue weighted by atomic mass is 10.1. The van der Waals surface area contributed by atoms with Gasteiger partial charge >= 0.3 is 0 Å². The zero-order valence-corrected chi connectivity index (χ0v) is 9.25. The van der Waals surface area contributed by atoms with E-state index in [9.17, 15) is 4.39 Å². The minimum Gasteiger partial charge on any atom is -0.207 e. The summed E-state index contributed by atoms with van der Waals surface area (Å²) in [4.78, 5) is 1.33. The van der Waals surface area contributed by atoms with Gasteiger partial charge in [0.15, 0.2) is 0 Å². The second-order valence-electron chi connectivity index (χ2n) is 3.40. The molecule has 0 aliphatic rings. The Bertz CT molecular complexity index is 457. The predicted molar refractivity (Wildman–Crippen MR) is 60.5 cm³/mol. The Morgan fingerprint density at radius 1 is 1.14 bits per heavy atom. The summed E-state index contributed by atoms with van der Waals surface area (Å²) in [6.45, 7) is 4.20. The molecule has 1 aromatic carbocycles. The van der Waals surface area contributed by atoms with Gasteiger partial charge in [0.1, 0.15) is 5.82 Å². The molecule has 0 fully saturated rings. The molecule has 0 saturated heterocycles. The van der Waals surface area contributed by atoms with Crippen molar-refractivity contribution in [1.29, 1.82) is 0 Å². The van der Waals surface area contributed by atoms with Crippen molar-refractivity contribution >= 4 is 21.4 Å². The van der Waals surface area contributed by atoms with Crippen LogP contribution in [0.15, 0.2) is 18.2 Å². The quantitative estimate of drug-likeness (QED) is 0.695. The molecule has 0 aliphatic heterocycles. The van der Waals surface area contributed by atoms with Crippen LogP contribution in [-0.2, 0) is 12.8 Å². The molecule has 0 N–H and O–H groups in total. The molecule has 14 heavy (non-hydrogen) atoms. The van der Waals surface area contributed by atoms with E-state index in [1.165, 1.54) is 9.58 Å². The number of rotatable bonds is 2. The Hall–Kier alpha value is -0.890. The van der Waals surface area contributed by atoms with Gasteiger partial charge in [0, 0.05) is 9.58 Å². The second-order valence-corrected chi connectivity index (χ2v) is 4.54. The van der Waals surface area contributed by atoms with Crippen LogP contribution in [0.4, 0.5) is 4.39 Å². The van der Waals surface area contributed by atoms with Crippen LogP contribution in [0.1, 0.15) is 24.3 Å². The number of benzene rings is 1. The van der Waals surface area contributed by atoms with Crippen molar-refractivity contribution in [1.82, 2.24) is 0 Å². The number of thiophene rings is 1. The molecule has 0 spiro atoms. The first-order valence-electron chi connectivity index (χ1n) is 4.95. The maximum Gasteiger partial charge on any atom is 0.124 e. The van der Waals surface area contributed by atoms with Crippen LogP contribution in [0, 0.1) is 5.82 Å². The van der Waals surface area contributed by atoms with E-state index in [0.717, 1.165) is 23.8 Å². The molecular formula is C12H13FS. The van der Waals surface area contributed by atoms with Crippen molar-refractivity contribution in [2.24, 2.45) is 0 Å². The van der Waals surface area contributed by atoms with E-state index < -0.39 is 0 Å². The van der Waals surface area contributed by atoms with Crippen molar-refractivity contribution in [2.75, 3.05) is 0 Å². The van der Waals surface area contributed by atoms with Crippen LogP contribution in [0.2, 0.25) is 0 Å². The third-order valence-electron chi connectivity index (χ3n) is 2.44. The van der Waals surface area contributed by atoms with Gasteiger partial charge in [0.25, 0.3) is 0 Å². The summed E-state index contributed by atoms with van der Waals surface area (Å²) < 4.78 is 14.5. The lowest BCUT2D eigenvalue weighted by Gasteiger charge is -1.98. The Morgan fingerprint density at radius 3 is 2.57 bits per heavy atom. The molecule has 0 saturated carbocycles. The normalized spacial score (nSPS) is 11.1. The zero-order valence-electron chi connectivity index (χ0n) is 8.43. The highest BCUT2D eigenvalue weighted by Crippen LogP contribution is 2.30. The van der Waals surface area contributed by atoms with E-state index in [4.69, 9.17) is 0 Å². The van der Waals surface area contributed by atoms with Crippen LogP contribution in [-0.4, -0.2) is 0 Å². The van der Waals surface area contributed by atoms with Gasteiger partial charge < -0.3 is 0 Å². The number of hydrogen-bond acceptors (Lipinski definition) is 1. The standard InChI is InChI=1S/C12H13FS/c1-3-8-5-10(13)6-9-7-11(4-2)14-12(8)9/h5-7H,3-4H2,1-2H3. The zero-order chi connectivity index (χ0) is 10.1. The smallest absolute Gasteiger partial charge is 0.124 e. The summed E-state index contributed by atoms with van der Waals surface area (Å²) in [5.74, 6) is -0.116. The average Bonchev–Trinajstić information content (AvgIpc) is 2.59. The molecule has 0 unspecified atom stereocenters. The minimum absolute atomic E-state index is 0.116. The van der Waals surface area contributed by atoms with Crippen molar-refractivity contribution in [3.8, 4) is 0 Å². The molecule has 0 atom stereocenters. The Morgan fingerprint density at radius 2 is 1.93 bits per heavy atom. The van der Waals surface area contributed by atoms with Crippen LogP contribution >= 0.6 is 11.3 Å². The molecule has 2 rings (SSSR count). The van der Waals surface area contributed by atoms with E-state index >= 15 is 0 Å². The molecular weight excluding hydrogens is 195 g/mol. The van der Waals surface area contributed by atoms with Crippen molar-refractivity contribution < 1.29 is 4.39 Å². The van der Waals surface area contributed by atoms with Gasteiger partial charge in [-0.05, 0) is 42.0 Å². The van der Waals surface area contributed by atoms with E-state index in [2.05, 4.69) is 19.9 Å². The lowest BCUT2D eigenvalue weighted by Crippen LogP contribution is -1.82. The van der Waals surface area contributed by atoms with Gasteiger partial charge in [-0.15, -0.1) is 11.3 Å². The number of hydrogen-bond donors (Lipinski definition) is 0. The fraction of sp³-hybridized carbons (Fsp3) is 0.333. The highest BCUT2D eigenvalue weighted by molar-refractivity contribution is 7.19. The van der Waals surface area contributed by atoms with Crippen LogP contribution in [0.5, 0.6) is 0 Å². The van der Waals surface area contributed by atoms with Gasteiger partial charge in [-0.1, -0.05) is 13.8 Å². The lowest BCUT2D eigenvalue weighted by molar-refractivity contribution is 0.628. The molecule has 0 nitrogen and oxygen atoms in total. The fourth-order valence-corrected chi connectivity index (χ4v) is 2.84. The van der Waals surface area contributed by atoms with E-state index in [-0.39, 0.29) is 5.82 Å². The first-order chi connectivity index (χ1) is 6.74. The molecule has 0 aliphatic carbocycles. The topological polar surface area (TPSA) is 0 Å². The second kappa shape index (κ2) is 3.70. The summed E-state index contributed by atoms with van der Waals surface area (Å²) in [6, 6.07) is 5.38. The van der Waals surface area contributed by atoms with Crippen LogP contribution in [0.3, 0.4) is 0 Å². The summed E-state index contributed by atoms with van der Waals surface area (Å²) in [5, 5.41) is 1.06. The summed E-state index contributed by atoms with van der Waals surface area (Å²) >= 11 is 1.79. The maximum atomic E-state index is 13.2. The SMILES string of the molecule is CCc1cc2cc(F)cc(CC)c2s1. The molecule has 1 aromatic heterocycles. The number of aryl methyl sites for hydroxylation is 2. The van der Waals surface area contributed by atoms with E-state index in [1.807, 2.05) is 0 Å². The van der Waals surface area contributed by atoms with E-state index in [1.54, 1.807) is 23.5 Å². The molecule has 2 heteroatoms. The maximum absolute atomic E-state index is 13.2. The van der Waals surface area contributed by atoms with Crippen LogP contribution in [0.25, 0.3) is 10.1 Å². The molecule has 2 aromatic rings. The van der Waals surface area contributed by atoms with E-state index in [0.29, 0.717) is 0 Å². The molecule has 0 bridgehead atoms. The van der Waals surface area contributed by atoms with Gasteiger partial charge in [0.2, 0.25) is 0 Å². The Balaban J connectivity index is 2.71. The predicted octanol–water partition coefficient (Wildman–Crippen LogP) is 4.17.